The molecule has 0 saturated heterocycles. The van der Waals surface area contributed by atoms with Gasteiger partial charge in [0.2, 0.25) is 0 Å². The van der Waals surface area contributed by atoms with Gasteiger partial charge in [-0.2, -0.15) is 0 Å². The first-order chi connectivity index (χ1) is 10.1. The van der Waals surface area contributed by atoms with Crippen molar-refractivity contribution in [2.45, 2.75) is 38.6 Å². The maximum Gasteiger partial charge on any atom is 0.160 e. The first kappa shape index (κ1) is 14.5. The van der Waals surface area contributed by atoms with Crippen molar-refractivity contribution in [3.8, 4) is 0 Å². The van der Waals surface area contributed by atoms with Crippen LogP contribution in [0, 0.1) is 6.92 Å². The molecule has 21 heavy (non-hydrogen) atoms. The number of hydrogen-bond donors (Lipinski definition) is 0. The standard InChI is InChI=1S/C15H17ClN4S/c1-4-12(15-17-5-6-21-15)20-13(10(3)16)19-11-7-9(2)8-18-14(11)20/h5-8,10,12H,4H2,1-3H3. The van der Waals surface area contributed by atoms with Crippen molar-refractivity contribution in [1.29, 1.82) is 0 Å². The Hall–Kier alpha value is -1.46. The topological polar surface area (TPSA) is 43.6 Å². The lowest BCUT2D eigenvalue weighted by molar-refractivity contribution is 0.549. The highest BCUT2D eigenvalue weighted by Gasteiger charge is 2.24. The van der Waals surface area contributed by atoms with Crippen LogP contribution >= 0.6 is 22.9 Å². The molecular weight excluding hydrogens is 304 g/mol. The molecule has 0 radical (unpaired) electrons. The highest BCUT2D eigenvalue weighted by atomic mass is 35.5. The molecule has 0 saturated carbocycles. The summed E-state index contributed by atoms with van der Waals surface area (Å²) in [6.07, 6.45) is 4.63. The van der Waals surface area contributed by atoms with E-state index in [1.807, 2.05) is 31.6 Å². The molecule has 0 bridgehead atoms. The number of pyridine rings is 1. The fourth-order valence-corrected chi connectivity index (χ4v) is 3.52. The van der Waals surface area contributed by atoms with Gasteiger partial charge in [-0.05, 0) is 31.9 Å². The summed E-state index contributed by atoms with van der Waals surface area (Å²) in [7, 11) is 0. The average Bonchev–Trinajstić information content (AvgIpc) is 3.08. The van der Waals surface area contributed by atoms with Crippen molar-refractivity contribution in [2.24, 2.45) is 0 Å². The molecule has 0 N–H and O–H groups in total. The number of nitrogens with zero attached hydrogens (tertiary/aromatic N) is 4. The van der Waals surface area contributed by atoms with Gasteiger partial charge in [-0.15, -0.1) is 22.9 Å². The Morgan fingerprint density at radius 3 is 2.81 bits per heavy atom. The second-order valence-corrected chi connectivity index (χ2v) is 6.69. The number of thiazole rings is 1. The van der Waals surface area contributed by atoms with E-state index in [2.05, 4.69) is 27.5 Å². The molecule has 0 spiro atoms. The molecule has 6 heteroatoms. The molecule has 110 valence electrons. The SMILES string of the molecule is CCC(c1nccs1)n1c(C(C)Cl)nc2cc(C)cnc21. The van der Waals surface area contributed by atoms with Crippen LogP contribution in [-0.2, 0) is 0 Å². The summed E-state index contributed by atoms with van der Waals surface area (Å²) in [5.41, 5.74) is 2.88. The summed E-state index contributed by atoms with van der Waals surface area (Å²) in [4.78, 5) is 13.7. The van der Waals surface area contributed by atoms with Crippen molar-refractivity contribution in [1.82, 2.24) is 19.5 Å². The molecule has 0 aliphatic carbocycles. The van der Waals surface area contributed by atoms with Crippen LogP contribution in [0.4, 0.5) is 0 Å². The maximum atomic E-state index is 6.35. The van der Waals surface area contributed by atoms with Crippen LogP contribution in [-0.4, -0.2) is 19.5 Å². The lowest BCUT2D eigenvalue weighted by Gasteiger charge is -2.18. The predicted octanol–water partition coefficient (Wildman–Crippen LogP) is 4.50. The average molecular weight is 321 g/mol. The number of aromatic nitrogens is 4. The monoisotopic (exact) mass is 320 g/mol. The molecule has 3 aromatic heterocycles. The molecule has 3 heterocycles. The number of aryl methyl sites for hydroxylation is 1. The number of halogens is 1. The van der Waals surface area contributed by atoms with Gasteiger partial charge in [0.25, 0.3) is 0 Å². The number of rotatable bonds is 4. The Morgan fingerprint density at radius 2 is 2.19 bits per heavy atom. The molecule has 0 aliphatic heterocycles. The highest BCUT2D eigenvalue weighted by molar-refractivity contribution is 7.09. The van der Waals surface area contributed by atoms with E-state index in [1.165, 1.54) is 0 Å². The van der Waals surface area contributed by atoms with E-state index in [1.54, 1.807) is 11.3 Å². The summed E-state index contributed by atoms with van der Waals surface area (Å²) in [6.45, 7) is 6.11. The van der Waals surface area contributed by atoms with Gasteiger partial charge in [0.05, 0.1) is 11.4 Å². The smallest absolute Gasteiger partial charge is 0.160 e. The second-order valence-electron chi connectivity index (χ2n) is 5.11. The molecule has 2 unspecified atom stereocenters. The van der Waals surface area contributed by atoms with Gasteiger partial charge in [0.15, 0.2) is 5.65 Å². The van der Waals surface area contributed by atoms with Crippen LogP contribution in [0.1, 0.15) is 48.1 Å². The molecule has 4 nitrogen and oxygen atoms in total. The van der Waals surface area contributed by atoms with Crippen LogP contribution in [0.3, 0.4) is 0 Å². The van der Waals surface area contributed by atoms with E-state index in [-0.39, 0.29) is 11.4 Å². The third-order valence-corrected chi connectivity index (χ3v) is 4.56. The van der Waals surface area contributed by atoms with Crippen LogP contribution in [0.15, 0.2) is 23.8 Å². The summed E-state index contributed by atoms with van der Waals surface area (Å²) in [5.74, 6) is 0.854. The minimum absolute atomic E-state index is 0.126. The Labute approximate surface area is 132 Å². The van der Waals surface area contributed by atoms with Gasteiger partial charge in [0.1, 0.15) is 16.3 Å². The normalized spacial score (nSPS) is 14.5. The quantitative estimate of drug-likeness (QED) is 0.665. The summed E-state index contributed by atoms with van der Waals surface area (Å²) in [5, 5.41) is 2.89. The van der Waals surface area contributed by atoms with E-state index >= 15 is 0 Å². The fourth-order valence-electron chi connectivity index (χ4n) is 2.55. The summed E-state index contributed by atoms with van der Waals surface area (Å²) >= 11 is 8.01. The number of imidazole rings is 1. The molecule has 3 rings (SSSR count). The lowest BCUT2D eigenvalue weighted by atomic mass is 10.2. The van der Waals surface area contributed by atoms with Crippen molar-refractivity contribution >= 4 is 34.1 Å². The van der Waals surface area contributed by atoms with Gasteiger partial charge in [0, 0.05) is 17.8 Å². The van der Waals surface area contributed by atoms with E-state index in [4.69, 9.17) is 16.6 Å². The Kier molecular flexibility index (Phi) is 3.95. The number of hydrogen-bond acceptors (Lipinski definition) is 4. The zero-order valence-corrected chi connectivity index (χ0v) is 13.8. The first-order valence-corrected chi connectivity index (χ1v) is 8.31. The first-order valence-electron chi connectivity index (χ1n) is 6.99. The molecule has 3 aromatic rings. The number of fused-ring (bicyclic) bond motifs is 1. The predicted molar refractivity (Wildman–Crippen MR) is 87.1 cm³/mol. The van der Waals surface area contributed by atoms with Crippen molar-refractivity contribution in [2.75, 3.05) is 0 Å². The van der Waals surface area contributed by atoms with Gasteiger partial charge in [-0.3, -0.25) is 0 Å². The fraction of sp³-hybridized carbons (Fsp3) is 0.400. The second kappa shape index (κ2) is 5.73. The van der Waals surface area contributed by atoms with Crippen LogP contribution in [0.5, 0.6) is 0 Å². The largest absolute Gasteiger partial charge is 0.301 e. The van der Waals surface area contributed by atoms with Crippen molar-refractivity contribution in [3.63, 3.8) is 0 Å². The van der Waals surface area contributed by atoms with Crippen LogP contribution in [0.25, 0.3) is 11.2 Å². The lowest BCUT2D eigenvalue weighted by Crippen LogP contribution is -2.14. The van der Waals surface area contributed by atoms with Gasteiger partial charge in [-0.25, -0.2) is 15.0 Å². The van der Waals surface area contributed by atoms with E-state index in [9.17, 15) is 0 Å². The van der Waals surface area contributed by atoms with Crippen LogP contribution in [0.2, 0.25) is 0 Å². The van der Waals surface area contributed by atoms with E-state index < -0.39 is 0 Å². The molecule has 0 fully saturated rings. The summed E-state index contributed by atoms with van der Waals surface area (Å²) in [6, 6.07) is 2.18. The van der Waals surface area contributed by atoms with Crippen LogP contribution < -0.4 is 0 Å². The third kappa shape index (κ3) is 2.56. The molecule has 0 aliphatic rings. The minimum Gasteiger partial charge on any atom is -0.301 e. The van der Waals surface area contributed by atoms with Crippen molar-refractivity contribution < 1.29 is 0 Å². The minimum atomic E-state index is -0.173. The van der Waals surface area contributed by atoms with E-state index in [0.717, 1.165) is 34.0 Å². The highest BCUT2D eigenvalue weighted by Crippen LogP contribution is 2.32. The van der Waals surface area contributed by atoms with Crippen molar-refractivity contribution in [3.05, 3.63) is 40.2 Å². The zero-order chi connectivity index (χ0) is 15.0. The zero-order valence-electron chi connectivity index (χ0n) is 12.2. The third-order valence-electron chi connectivity index (χ3n) is 3.48. The molecular formula is C15H17ClN4S. The Bertz CT molecular complexity index is 748. The van der Waals surface area contributed by atoms with Gasteiger partial charge in [-0.1, -0.05) is 6.92 Å². The number of alkyl halides is 1. The summed E-state index contributed by atoms with van der Waals surface area (Å²) < 4.78 is 2.14. The van der Waals surface area contributed by atoms with Gasteiger partial charge >= 0.3 is 0 Å². The molecule has 0 aromatic carbocycles. The maximum absolute atomic E-state index is 6.35. The molecule has 0 amide bonds. The Morgan fingerprint density at radius 1 is 1.38 bits per heavy atom. The Balaban J connectivity index is 2.26. The molecule has 2 atom stereocenters. The van der Waals surface area contributed by atoms with Gasteiger partial charge < -0.3 is 4.57 Å². The van der Waals surface area contributed by atoms with E-state index in [0.29, 0.717) is 0 Å².